The smallest absolute Gasteiger partial charge is 0.133 e. The van der Waals surface area contributed by atoms with Crippen LogP contribution in [0.25, 0.3) is 0 Å². The van der Waals surface area contributed by atoms with Crippen molar-refractivity contribution in [1.82, 2.24) is 0 Å². The van der Waals surface area contributed by atoms with Gasteiger partial charge in [0.25, 0.3) is 0 Å². The van der Waals surface area contributed by atoms with Gasteiger partial charge in [-0.3, -0.25) is 0 Å². The third kappa shape index (κ3) is 3.36. The molecule has 1 aromatic carbocycles. The Morgan fingerprint density at radius 1 is 1.50 bits per heavy atom. The minimum atomic E-state index is 0.0897. The maximum absolute atomic E-state index is 8.67. The number of aliphatic hydroxyl groups excluding tert-OH is 1. The van der Waals surface area contributed by atoms with E-state index >= 15 is 0 Å². The van der Waals surface area contributed by atoms with Gasteiger partial charge in [-0.15, -0.1) is 0 Å². The maximum atomic E-state index is 8.67. The number of ether oxygens (including phenoxy) is 2. The monoisotopic (exact) mass is 241 g/mol. The lowest BCUT2D eigenvalue weighted by Crippen LogP contribution is -2.12. The molecule has 0 saturated heterocycles. The summed E-state index contributed by atoms with van der Waals surface area (Å²) in [4.78, 5) is 0.279. The van der Waals surface area contributed by atoms with Gasteiger partial charge in [0, 0.05) is 19.1 Å². The Hall–Kier alpha value is -1.33. The molecule has 0 radical (unpaired) electrons. The van der Waals surface area contributed by atoms with Crippen LogP contribution in [0.15, 0.2) is 18.2 Å². The molecule has 0 saturated carbocycles. The SMILES string of the molecule is COc1ccc(C(N)=S)c(OCCCO)c1. The van der Waals surface area contributed by atoms with E-state index in [4.69, 9.17) is 32.5 Å². The summed E-state index contributed by atoms with van der Waals surface area (Å²) < 4.78 is 10.6. The lowest BCUT2D eigenvalue weighted by molar-refractivity contribution is 0.233. The molecular weight excluding hydrogens is 226 g/mol. The van der Waals surface area contributed by atoms with Gasteiger partial charge < -0.3 is 20.3 Å². The predicted molar refractivity (Wildman–Crippen MR) is 66.1 cm³/mol. The molecule has 3 N–H and O–H groups in total. The van der Waals surface area contributed by atoms with Crippen LogP contribution in [0, 0.1) is 0 Å². The number of hydrogen-bond acceptors (Lipinski definition) is 4. The largest absolute Gasteiger partial charge is 0.497 e. The summed E-state index contributed by atoms with van der Waals surface area (Å²) in [6.45, 7) is 0.506. The molecule has 5 heteroatoms. The van der Waals surface area contributed by atoms with Crippen LogP contribution < -0.4 is 15.2 Å². The van der Waals surface area contributed by atoms with E-state index in [0.29, 0.717) is 30.1 Å². The van der Waals surface area contributed by atoms with Crippen LogP contribution >= 0.6 is 12.2 Å². The molecule has 0 aliphatic heterocycles. The van der Waals surface area contributed by atoms with Crippen LogP contribution in [-0.2, 0) is 0 Å². The highest BCUT2D eigenvalue weighted by atomic mass is 32.1. The first-order valence-electron chi connectivity index (χ1n) is 4.90. The Morgan fingerprint density at radius 3 is 2.81 bits per heavy atom. The van der Waals surface area contributed by atoms with Crippen LogP contribution in [0.2, 0.25) is 0 Å². The van der Waals surface area contributed by atoms with Gasteiger partial charge in [0.15, 0.2) is 0 Å². The average molecular weight is 241 g/mol. The summed E-state index contributed by atoms with van der Waals surface area (Å²) >= 11 is 4.92. The van der Waals surface area contributed by atoms with Crippen molar-refractivity contribution >= 4 is 17.2 Å². The predicted octanol–water partition coefficient (Wildman–Crippen LogP) is 1.09. The second-order valence-corrected chi connectivity index (χ2v) is 3.59. The summed E-state index contributed by atoms with van der Waals surface area (Å²) in [5.74, 6) is 1.26. The van der Waals surface area contributed by atoms with Gasteiger partial charge >= 0.3 is 0 Å². The molecule has 4 nitrogen and oxygen atoms in total. The molecule has 0 amide bonds. The quantitative estimate of drug-likeness (QED) is 0.576. The zero-order chi connectivity index (χ0) is 12.0. The molecule has 0 aliphatic rings. The fraction of sp³-hybridized carbons (Fsp3) is 0.364. The molecule has 0 heterocycles. The van der Waals surface area contributed by atoms with Crippen molar-refractivity contribution < 1.29 is 14.6 Å². The standard InChI is InChI=1S/C11H15NO3S/c1-14-8-3-4-9(11(12)16)10(7-8)15-6-2-5-13/h3-4,7,13H,2,5-6H2,1H3,(H2,12,16). The minimum absolute atomic E-state index is 0.0897. The van der Waals surface area contributed by atoms with Crippen LogP contribution in [0.3, 0.4) is 0 Å². The first kappa shape index (κ1) is 12.7. The molecule has 0 aromatic heterocycles. The Morgan fingerprint density at radius 2 is 2.25 bits per heavy atom. The van der Waals surface area contributed by atoms with E-state index in [1.165, 1.54) is 0 Å². The molecule has 0 bridgehead atoms. The Kier molecular flexibility index (Phi) is 5.01. The van der Waals surface area contributed by atoms with E-state index in [1.807, 2.05) is 0 Å². The highest BCUT2D eigenvalue weighted by Gasteiger charge is 2.08. The molecule has 0 unspecified atom stereocenters. The van der Waals surface area contributed by atoms with E-state index in [9.17, 15) is 0 Å². The summed E-state index contributed by atoms with van der Waals surface area (Å²) in [7, 11) is 1.58. The second-order valence-electron chi connectivity index (χ2n) is 3.15. The van der Waals surface area contributed by atoms with Gasteiger partial charge in [0.2, 0.25) is 0 Å². The number of thiocarbonyl (C=S) groups is 1. The number of methoxy groups -OCH3 is 1. The van der Waals surface area contributed by atoms with Gasteiger partial charge in [0.1, 0.15) is 16.5 Å². The Balaban J connectivity index is 2.87. The van der Waals surface area contributed by atoms with Crippen molar-refractivity contribution in [3.8, 4) is 11.5 Å². The van der Waals surface area contributed by atoms with Crippen molar-refractivity contribution in [3.05, 3.63) is 23.8 Å². The molecule has 0 fully saturated rings. The van der Waals surface area contributed by atoms with Gasteiger partial charge in [-0.25, -0.2) is 0 Å². The van der Waals surface area contributed by atoms with Crippen LogP contribution in [0.1, 0.15) is 12.0 Å². The fourth-order valence-electron chi connectivity index (χ4n) is 1.20. The molecule has 1 rings (SSSR count). The van der Waals surface area contributed by atoms with Gasteiger partial charge in [-0.2, -0.15) is 0 Å². The maximum Gasteiger partial charge on any atom is 0.133 e. The van der Waals surface area contributed by atoms with Gasteiger partial charge in [-0.05, 0) is 12.1 Å². The minimum Gasteiger partial charge on any atom is -0.497 e. The fourth-order valence-corrected chi connectivity index (χ4v) is 1.37. The van der Waals surface area contributed by atoms with E-state index in [2.05, 4.69) is 0 Å². The first-order valence-corrected chi connectivity index (χ1v) is 5.31. The van der Waals surface area contributed by atoms with E-state index < -0.39 is 0 Å². The summed E-state index contributed by atoms with van der Waals surface area (Å²) in [6, 6.07) is 5.26. The summed E-state index contributed by atoms with van der Waals surface area (Å²) in [5.41, 5.74) is 6.25. The normalized spacial score (nSPS) is 9.88. The van der Waals surface area contributed by atoms with Crippen molar-refractivity contribution in [2.45, 2.75) is 6.42 Å². The topological polar surface area (TPSA) is 64.7 Å². The molecule has 0 atom stereocenters. The van der Waals surface area contributed by atoms with Crippen molar-refractivity contribution in [2.75, 3.05) is 20.3 Å². The Labute approximate surface area is 100.0 Å². The number of rotatable bonds is 6. The number of benzene rings is 1. The molecule has 1 aromatic rings. The molecular formula is C11H15NO3S. The van der Waals surface area contributed by atoms with E-state index in [1.54, 1.807) is 25.3 Å². The number of hydrogen-bond donors (Lipinski definition) is 2. The van der Waals surface area contributed by atoms with Crippen LogP contribution in [0.4, 0.5) is 0 Å². The van der Waals surface area contributed by atoms with Gasteiger partial charge in [-0.1, -0.05) is 12.2 Å². The van der Waals surface area contributed by atoms with E-state index in [-0.39, 0.29) is 11.6 Å². The number of aliphatic hydroxyl groups is 1. The van der Waals surface area contributed by atoms with Crippen LogP contribution in [-0.4, -0.2) is 30.4 Å². The van der Waals surface area contributed by atoms with Crippen molar-refractivity contribution in [1.29, 1.82) is 0 Å². The van der Waals surface area contributed by atoms with E-state index in [0.717, 1.165) is 0 Å². The first-order chi connectivity index (χ1) is 7.69. The summed E-state index contributed by atoms with van der Waals surface area (Å²) in [5, 5.41) is 8.67. The highest BCUT2D eigenvalue weighted by molar-refractivity contribution is 7.80. The molecule has 0 spiro atoms. The lowest BCUT2D eigenvalue weighted by atomic mass is 10.2. The molecule has 16 heavy (non-hydrogen) atoms. The highest BCUT2D eigenvalue weighted by Crippen LogP contribution is 2.24. The third-order valence-corrected chi connectivity index (χ3v) is 2.23. The average Bonchev–Trinajstić information content (AvgIpc) is 2.29. The lowest BCUT2D eigenvalue weighted by Gasteiger charge is -2.11. The molecule has 0 aliphatic carbocycles. The third-order valence-electron chi connectivity index (χ3n) is 2.01. The van der Waals surface area contributed by atoms with Gasteiger partial charge in [0.05, 0.1) is 19.3 Å². The van der Waals surface area contributed by atoms with Crippen molar-refractivity contribution in [2.24, 2.45) is 5.73 Å². The van der Waals surface area contributed by atoms with Crippen LogP contribution in [0.5, 0.6) is 11.5 Å². The zero-order valence-electron chi connectivity index (χ0n) is 9.10. The zero-order valence-corrected chi connectivity index (χ0v) is 9.92. The Bertz CT molecular complexity index is 368. The molecule has 88 valence electrons. The summed E-state index contributed by atoms with van der Waals surface area (Å²) in [6.07, 6.45) is 0.563. The van der Waals surface area contributed by atoms with Crippen molar-refractivity contribution in [3.63, 3.8) is 0 Å². The second kappa shape index (κ2) is 6.30. The number of nitrogens with two attached hydrogens (primary N) is 1.